The normalized spacial score (nSPS) is 39.2. The lowest BCUT2D eigenvalue weighted by atomic mass is 9.72. The molecule has 8 nitrogen and oxygen atoms in total. The van der Waals surface area contributed by atoms with E-state index in [1.807, 2.05) is 0 Å². The lowest BCUT2D eigenvalue weighted by Crippen LogP contribution is -2.35. The highest BCUT2D eigenvalue weighted by Crippen LogP contribution is 2.41. The average Bonchev–Trinajstić information content (AvgIpc) is 0.837. The van der Waals surface area contributed by atoms with Crippen molar-refractivity contribution in [2.45, 2.75) is 372 Å². The molecule has 0 amide bonds. The molecule has 8 aliphatic carbocycles. The van der Waals surface area contributed by atoms with Crippen LogP contribution in [0.4, 0.5) is 0 Å². The summed E-state index contributed by atoms with van der Waals surface area (Å²) in [6, 6.07) is 0. The molecule has 0 radical (unpaired) electrons. The third kappa shape index (κ3) is 38.1. The van der Waals surface area contributed by atoms with E-state index in [1.54, 1.807) is 0 Å². The summed E-state index contributed by atoms with van der Waals surface area (Å²) in [5, 5.41) is 78.5. The van der Waals surface area contributed by atoms with E-state index >= 15 is 0 Å². The maximum atomic E-state index is 10.0. The number of rotatable bonds is 8. The van der Waals surface area contributed by atoms with Gasteiger partial charge in [0.15, 0.2) is 0 Å². The van der Waals surface area contributed by atoms with Crippen molar-refractivity contribution in [3.8, 4) is 0 Å². The van der Waals surface area contributed by atoms with Gasteiger partial charge in [-0.15, -0.1) is 0 Å². The van der Waals surface area contributed by atoms with Gasteiger partial charge in [0.05, 0.1) is 48.8 Å². The van der Waals surface area contributed by atoms with Gasteiger partial charge in [0.2, 0.25) is 0 Å². The highest BCUT2D eigenvalue weighted by molar-refractivity contribution is 5.09. The summed E-state index contributed by atoms with van der Waals surface area (Å²) in [5.41, 5.74) is 10.8. The van der Waals surface area contributed by atoms with E-state index < -0.39 is 0 Å². The van der Waals surface area contributed by atoms with Crippen molar-refractivity contribution in [3.05, 3.63) is 93.2 Å². The fourth-order valence-corrected chi connectivity index (χ4v) is 18.1. The molecule has 0 aromatic carbocycles. The van der Waals surface area contributed by atoms with E-state index in [2.05, 4.69) is 256 Å². The summed E-state index contributed by atoms with van der Waals surface area (Å²) in [5.74, 6) is 12.5. The first kappa shape index (κ1) is 97.6. The minimum absolute atomic E-state index is 0.0400. The summed E-state index contributed by atoms with van der Waals surface area (Å²) >= 11 is 0. The van der Waals surface area contributed by atoms with Gasteiger partial charge in [0, 0.05) is 35.5 Å². The van der Waals surface area contributed by atoms with Crippen LogP contribution >= 0.6 is 0 Å². The molecule has 0 saturated heterocycles. The monoisotopic (exact) mass is 1430 g/mol. The third-order valence-electron chi connectivity index (χ3n) is 24.8. The first-order chi connectivity index (χ1) is 47.3. The van der Waals surface area contributed by atoms with E-state index in [1.165, 1.54) is 83.1 Å². The van der Waals surface area contributed by atoms with Crippen molar-refractivity contribution in [1.82, 2.24) is 0 Å². The first-order valence-electron chi connectivity index (χ1n) is 41.9. The van der Waals surface area contributed by atoms with Crippen molar-refractivity contribution in [2.75, 3.05) is 0 Å². The lowest BCUT2D eigenvalue weighted by Gasteiger charge is -2.36. The quantitative estimate of drug-likeness (QED) is 0.111. The van der Waals surface area contributed by atoms with Gasteiger partial charge in [-0.25, -0.2) is 0 Å². The molecule has 0 aromatic heterocycles. The molecule has 8 N–H and O–H groups in total. The van der Waals surface area contributed by atoms with Crippen LogP contribution in [-0.2, 0) is 0 Å². The third-order valence-corrected chi connectivity index (χ3v) is 24.8. The molecule has 8 fully saturated rings. The zero-order valence-corrected chi connectivity index (χ0v) is 72.2. The summed E-state index contributed by atoms with van der Waals surface area (Å²) < 4.78 is 0. The van der Waals surface area contributed by atoms with Crippen molar-refractivity contribution in [1.29, 1.82) is 0 Å². The number of hydrogen-bond donors (Lipinski definition) is 8. The smallest absolute Gasteiger partial charge is 0.0630 e. The van der Waals surface area contributed by atoms with Crippen molar-refractivity contribution >= 4 is 0 Å². The van der Waals surface area contributed by atoms with Crippen LogP contribution in [0.25, 0.3) is 0 Å². The number of hydrogen-bond acceptors (Lipinski definition) is 8. The lowest BCUT2D eigenvalue weighted by molar-refractivity contribution is 0.0167. The van der Waals surface area contributed by atoms with E-state index in [9.17, 15) is 40.9 Å². The molecule has 102 heavy (non-hydrogen) atoms. The largest absolute Gasteiger partial charge is 0.393 e. The minimum Gasteiger partial charge on any atom is -0.393 e. The summed E-state index contributed by atoms with van der Waals surface area (Å²) in [7, 11) is 0. The van der Waals surface area contributed by atoms with Gasteiger partial charge in [-0.3, -0.25) is 0 Å². The molecule has 0 heterocycles. The Kier molecular flexibility index (Phi) is 47.5. The Morgan fingerprint density at radius 1 is 0.216 bits per heavy atom. The van der Waals surface area contributed by atoms with Crippen LogP contribution in [0.15, 0.2) is 93.2 Å². The van der Waals surface area contributed by atoms with Crippen LogP contribution in [0.1, 0.15) is 323 Å². The molecule has 0 aliphatic heterocycles. The molecule has 30 atom stereocenters. The van der Waals surface area contributed by atoms with E-state index in [-0.39, 0.29) is 48.8 Å². The molecule has 8 rings (SSSR count). The van der Waals surface area contributed by atoms with Crippen LogP contribution in [0, 0.1) is 130 Å². The summed E-state index contributed by atoms with van der Waals surface area (Å²) in [6.07, 6.45) is 37.4. The molecule has 8 heteroatoms. The second-order valence-electron chi connectivity index (χ2n) is 38.0. The second-order valence-corrected chi connectivity index (χ2v) is 38.0. The van der Waals surface area contributed by atoms with E-state index in [0.717, 1.165) is 94.8 Å². The molecule has 0 aromatic rings. The highest BCUT2D eigenvalue weighted by Gasteiger charge is 2.37. The van der Waals surface area contributed by atoms with Crippen LogP contribution in [0.3, 0.4) is 0 Å². The van der Waals surface area contributed by atoms with Crippen LogP contribution in [-0.4, -0.2) is 89.7 Å². The molecular weight excluding hydrogens is 1260 g/mol. The second kappa shape index (κ2) is 49.6. The zero-order valence-electron chi connectivity index (χ0n) is 72.2. The molecule has 0 spiro atoms. The fourth-order valence-electron chi connectivity index (χ4n) is 18.1. The molecule has 596 valence electrons. The summed E-state index contributed by atoms with van der Waals surface area (Å²) in [6.45, 7) is 65.1. The minimum atomic E-state index is -0.126. The van der Waals surface area contributed by atoms with Gasteiger partial charge in [0.1, 0.15) is 0 Å². The molecular formula is C94H172O8. The average molecular weight is 1430 g/mol. The van der Waals surface area contributed by atoms with E-state index in [0.29, 0.717) is 112 Å². The van der Waals surface area contributed by atoms with Gasteiger partial charge < -0.3 is 40.9 Å². The van der Waals surface area contributed by atoms with Crippen molar-refractivity contribution < 1.29 is 40.9 Å². The Bertz CT molecular complexity index is 2440. The molecule has 30 unspecified atom stereocenters. The Hall–Kier alpha value is -2.40. The van der Waals surface area contributed by atoms with Crippen molar-refractivity contribution in [2.24, 2.45) is 130 Å². The molecule has 8 saturated carbocycles. The first-order valence-corrected chi connectivity index (χ1v) is 41.9. The maximum absolute atomic E-state index is 10.0. The molecule has 0 bridgehead atoms. The number of aliphatic hydroxyl groups excluding tert-OH is 8. The number of allylic oxidation sites excluding steroid dienone is 10. The predicted molar refractivity (Wildman–Crippen MR) is 443 cm³/mol. The number of aliphatic hydroxyl groups is 8. The van der Waals surface area contributed by atoms with Gasteiger partial charge in [-0.2, -0.15) is 0 Å². The summed E-state index contributed by atoms with van der Waals surface area (Å²) in [4.78, 5) is 0. The van der Waals surface area contributed by atoms with Gasteiger partial charge >= 0.3 is 0 Å². The van der Waals surface area contributed by atoms with Crippen LogP contribution in [0.5, 0.6) is 0 Å². The predicted octanol–water partition coefficient (Wildman–Crippen LogP) is 23.5. The highest BCUT2D eigenvalue weighted by atomic mass is 16.3. The Morgan fingerprint density at radius 2 is 0.637 bits per heavy atom. The van der Waals surface area contributed by atoms with Crippen molar-refractivity contribution in [3.63, 3.8) is 0 Å². The Morgan fingerprint density at radius 3 is 1.16 bits per heavy atom. The standard InChI is InChI=1S/6C12H22O.2C11H20O/c1-8(2)5-11-6-9(3)10(4)7-12(11)13;1-8(2)5-11-10(4)6-9(3)7-12(11)13;1-8(2)5-11-7-9(3)6-10(4)12(11)13;1-8(2)7-11-10(4)9(3)5-6-12(11)13;1-8(2)7-11-6-5-9(3)10(4)12(11)13;1-8(2)7-11-9(3)5-6-10(4)12(11)13;1-8(2)6-10-4-5-11(12)7-9(10)3;1-8(2)6-10-4-5-11(12)9(3)7-10/h3*5,9-13H,6-7H2,1-4H3;3*7,9-13H,5-6H2,1-4H3;2*6,9-12H,4-5,7H2,1-3H3. The van der Waals surface area contributed by atoms with Crippen LogP contribution < -0.4 is 0 Å². The Balaban J connectivity index is 0.000000583. The van der Waals surface area contributed by atoms with Crippen LogP contribution in [0.2, 0.25) is 0 Å². The fraction of sp³-hybridized carbons (Fsp3) is 0.830. The SMILES string of the molecule is CC(C)=CC1C(C)CC(C)CC1O.CC(C)=CC1C(C)CCC(C)C1O.CC(C)=CC1C(O)CCC(C)C1C.CC(C)=CC1CC(C)C(C)CC1O.CC(C)=CC1CC(C)CC(C)C1O.CC(C)=CC1CCC(C)C(C)C1O.CC(C)=CC1CCC(O)C(C)C1.CC(C)=CC1CCC(O)CC1C. The Labute approximate surface area is 633 Å². The van der Waals surface area contributed by atoms with Gasteiger partial charge in [-0.1, -0.05) is 190 Å². The maximum Gasteiger partial charge on any atom is 0.0630 e. The van der Waals surface area contributed by atoms with Gasteiger partial charge in [0.25, 0.3) is 0 Å². The topological polar surface area (TPSA) is 162 Å². The zero-order chi connectivity index (χ0) is 78.3. The van der Waals surface area contributed by atoms with Gasteiger partial charge in [-0.05, 0) is 321 Å². The van der Waals surface area contributed by atoms with E-state index in [4.69, 9.17) is 0 Å². The molecule has 8 aliphatic rings.